The fourth-order valence-electron chi connectivity index (χ4n) is 4.17. The van der Waals surface area contributed by atoms with Crippen molar-refractivity contribution in [3.8, 4) is 5.69 Å². The number of carbonyl (C=O) groups excluding carboxylic acids is 1. The zero-order valence-electron chi connectivity index (χ0n) is 20.0. The Morgan fingerprint density at radius 3 is 2.26 bits per heavy atom. The van der Waals surface area contributed by atoms with Crippen molar-refractivity contribution in [3.63, 3.8) is 0 Å². The first-order valence-electron chi connectivity index (χ1n) is 11.5. The van der Waals surface area contributed by atoms with E-state index in [9.17, 15) is 22.8 Å². The molecular formula is C27H29F3N2O3. The van der Waals surface area contributed by atoms with Crippen LogP contribution in [0.15, 0.2) is 54.6 Å². The van der Waals surface area contributed by atoms with Gasteiger partial charge in [-0.25, -0.2) is 4.79 Å². The molecule has 3 aromatic rings. The molecule has 0 saturated heterocycles. The molecule has 5 nitrogen and oxygen atoms in total. The summed E-state index contributed by atoms with van der Waals surface area (Å²) in [5.74, 6) is -1.23. The maximum Gasteiger partial charge on any atom is 0.418 e. The van der Waals surface area contributed by atoms with Gasteiger partial charge in [-0.1, -0.05) is 37.6 Å². The third kappa shape index (κ3) is 5.93. The van der Waals surface area contributed by atoms with Crippen LogP contribution in [0.25, 0.3) is 5.69 Å². The summed E-state index contributed by atoms with van der Waals surface area (Å²) in [4.78, 5) is 26.3. The van der Waals surface area contributed by atoms with Crippen molar-refractivity contribution in [1.82, 2.24) is 9.47 Å². The van der Waals surface area contributed by atoms with Crippen molar-refractivity contribution in [2.24, 2.45) is 0 Å². The van der Waals surface area contributed by atoms with Gasteiger partial charge in [0.15, 0.2) is 0 Å². The van der Waals surface area contributed by atoms with E-state index in [1.54, 1.807) is 43.0 Å². The second-order valence-electron chi connectivity index (χ2n) is 8.53. The number of alkyl halides is 3. The molecule has 0 aliphatic rings. The smallest absolute Gasteiger partial charge is 0.418 e. The number of halogens is 3. The highest BCUT2D eigenvalue weighted by atomic mass is 19.4. The van der Waals surface area contributed by atoms with Gasteiger partial charge < -0.3 is 14.6 Å². The summed E-state index contributed by atoms with van der Waals surface area (Å²) < 4.78 is 42.4. The number of carbonyl (C=O) groups is 2. The molecule has 35 heavy (non-hydrogen) atoms. The normalized spacial score (nSPS) is 11.5. The van der Waals surface area contributed by atoms with E-state index in [0.717, 1.165) is 24.5 Å². The van der Waals surface area contributed by atoms with Crippen LogP contribution in [-0.4, -0.2) is 39.5 Å². The maximum absolute atomic E-state index is 13.6. The van der Waals surface area contributed by atoms with Crippen molar-refractivity contribution < 1.29 is 27.9 Å². The number of carboxylic acids is 1. The molecule has 0 unspecified atom stereocenters. The predicted octanol–water partition coefficient (Wildman–Crippen LogP) is 6.30. The number of hydrogen-bond donors (Lipinski definition) is 1. The highest BCUT2D eigenvalue weighted by molar-refractivity contribution is 5.96. The summed E-state index contributed by atoms with van der Waals surface area (Å²) in [6.07, 6.45) is -2.31. The topological polar surface area (TPSA) is 62.5 Å². The Balaban J connectivity index is 1.90. The van der Waals surface area contributed by atoms with Gasteiger partial charge in [-0.15, -0.1) is 0 Å². The van der Waals surface area contributed by atoms with Crippen LogP contribution in [0.4, 0.5) is 13.2 Å². The minimum Gasteiger partial charge on any atom is -0.478 e. The molecule has 1 aromatic heterocycles. The number of hydrogen-bond acceptors (Lipinski definition) is 2. The van der Waals surface area contributed by atoms with Crippen molar-refractivity contribution >= 4 is 11.9 Å². The summed E-state index contributed by atoms with van der Waals surface area (Å²) >= 11 is 0. The number of carboxylic acid groups (broad SMARTS) is 1. The Morgan fingerprint density at radius 2 is 1.66 bits per heavy atom. The van der Waals surface area contributed by atoms with Gasteiger partial charge in [0, 0.05) is 24.5 Å². The lowest BCUT2D eigenvalue weighted by Crippen LogP contribution is -2.34. The van der Waals surface area contributed by atoms with Crippen molar-refractivity contribution in [3.05, 3.63) is 88.2 Å². The standard InChI is InChI=1S/C27H29F3N2O3/c1-4-5-15-31(16-14-20-10-12-21(13-11-20)26(34)35)25(33)22-17-18(2)32(19(22)3)24-9-7-6-8-23(24)27(28,29)30/h6-13,17H,4-5,14-16H2,1-3H3,(H,34,35). The molecule has 1 amide bonds. The van der Waals surface area contributed by atoms with Gasteiger partial charge in [-0.2, -0.15) is 13.2 Å². The first-order valence-corrected chi connectivity index (χ1v) is 11.5. The minimum absolute atomic E-state index is 0.00678. The predicted molar refractivity (Wildman–Crippen MR) is 128 cm³/mol. The highest BCUT2D eigenvalue weighted by Crippen LogP contribution is 2.35. The van der Waals surface area contributed by atoms with Crippen molar-refractivity contribution in [2.75, 3.05) is 13.1 Å². The van der Waals surface area contributed by atoms with E-state index in [0.29, 0.717) is 36.5 Å². The maximum atomic E-state index is 13.6. The van der Waals surface area contributed by atoms with Crippen LogP contribution < -0.4 is 0 Å². The van der Waals surface area contributed by atoms with Crippen LogP contribution in [0.3, 0.4) is 0 Å². The van der Waals surface area contributed by atoms with Gasteiger partial charge >= 0.3 is 12.1 Å². The van der Waals surface area contributed by atoms with Crippen LogP contribution in [-0.2, 0) is 12.6 Å². The summed E-state index contributed by atoms with van der Waals surface area (Å²) in [6.45, 7) is 6.31. The van der Waals surface area contributed by atoms with E-state index in [-0.39, 0.29) is 17.2 Å². The number of unbranched alkanes of at least 4 members (excludes halogenated alkanes) is 1. The lowest BCUT2D eigenvalue weighted by Gasteiger charge is -2.23. The van der Waals surface area contributed by atoms with Gasteiger partial charge in [0.25, 0.3) is 5.91 Å². The first kappa shape index (κ1) is 26.1. The van der Waals surface area contributed by atoms with E-state index in [2.05, 4.69) is 0 Å². The molecule has 3 rings (SSSR count). The summed E-state index contributed by atoms with van der Waals surface area (Å²) in [7, 11) is 0. The Labute approximate surface area is 202 Å². The molecule has 8 heteroatoms. The fraction of sp³-hybridized carbons (Fsp3) is 0.333. The summed E-state index contributed by atoms with van der Waals surface area (Å²) in [5.41, 5.74) is 1.70. The van der Waals surface area contributed by atoms with Gasteiger partial charge in [0.2, 0.25) is 0 Å². The van der Waals surface area contributed by atoms with E-state index in [4.69, 9.17) is 5.11 Å². The molecule has 0 radical (unpaired) electrons. The molecule has 186 valence electrons. The lowest BCUT2D eigenvalue weighted by molar-refractivity contribution is -0.137. The zero-order valence-corrected chi connectivity index (χ0v) is 20.0. The number of para-hydroxylation sites is 1. The molecule has 1 N–H and O–H groups in total. The van der Waals surface area contributed by atoms with Crippen LogP contribution in [0, 0.1) is 13.8 Å². The Kier molecular flexibility index (Phi) is 8.04. The number of benzene rings is 2. The molecule has 0 saturated carbocycles. The second kappa shape index (κ2) is 10.8. The zero-order chi connectivity index (χ0) is 25.8. The number of amides is 1. The second-order valence-corrected chi connectivity index (χ2v) is 8.53. The highest BCUT2D eigenvalue weighted by Gasteiger charge is 2.34. The molecular weight excluding hydrogens is 457 g/mol. The van der Waals surface area contributed by atoms with E-state index >= 15 is 0 Å². The number of aryl methyl sites for hydroxylation is 1. The Hall–Kier alpha value is -3.55. The van der Waals surface area contributed by atoms with E-state index in [1.807, 2.05) is 6.92 Å². The Bertz CT molecular complexity index is 1200. The molecule has 2 aromatic carbocycles. The SMILES string of the molecule is CCCCN(CCc1ccc(C(=O)O)cc1)C(=O)c1cc(C)n(-c2ccccc2C(F)(F)F)c1C. The number of aromatic nitrogens is 1. The number of nitrogens with zero attached hydrogens (tertiary/aromatic N) is 2. The molecule has 0 atom stereocenters. The molecule has 0 spiro atoms. The van der Waals surface area contributed by atoms with Gasteiger partial charge in [-0.05, 0) is 62.6 Å². The minimum atomic E-state index is -4.52. The molecule has 0 fully saturated rings. The van der Waals surface area contributed by atoms with E-state index in [1.165, 1.54) is 28.8 Å². The van der Waals surface area contributed by atoms with Gasteiger partial charge in [-0.3, -0.25) is 4.79 Å². The average molecular weight is 487 g/mol. The number of rotatable bonds is 9. The fourth-order valence-corrected chi connectivity index (χ4v) is 4.17. The van der Waals surface area contributed by atoms with E-state index < -0.39 is 17.7 Å². The van der Waals surface area contributed by atoms with Crippen LogP contribution in [0.2, 0.25) is 0 Å². The third-order valence-electron chi connectivity index (χ3n) is 6.05. The summed E-state index contributed by atoms with van der Waals surface area (Å²) in [6, 6.07) is 13.5. The van der Waals surface area contributed by atoms with Crippen LogP contribution in [0.1, 0.15) is 63.0 Å². The van der Waals surface area contributed by atoms with Gasteiger partial charge in [0.05, 0.1) is 22.4 Å². The number of aromatic carboxylic acids is 1. The average Bonchev–Trinajstić information content (AvgIpc) is 3.12. The quantitative estimate of drug-likeness (QED) is 0.386. The Morgan fingerprint density at radius 1 is 1.00 bits per heavy atom. The molecule has 0 aliphatic carbocycles. The molecule has 0 aliphatic heterocycles. The molecule has 1 heterocycles. The monoisotopic (exact) mass is 486 g/mol. The van der Waals surface area contributed by atoms with Crippen molar-refractivity contribution in [2.45, 2.75) is 46.2 Å². The lowest BCUT2D eigenvalue weighted by atomic mass is 10.1. The van der Waals surface area contributed by atoms with Crippen LogP contribution >= 0.6 is 0 Å². The largest absolute Gasteiger partial charge is 0.478 e. The first-order chi connectivity index (χ1) is 16.5. The summed E-state index contributed by atoms with van der Waals surface area (Å²) in [5, 5.41) is 9.07. The third-order valence-corrected chi connectivity index (χ3v) is 6.05. The van der Waals surface area contributed by atoms with Gasteiger partial charge in [0.1, 0.15) is 0 Å². The van der Waals surface area contributed by atoms with Crippen molar-refractivity contribution in [1.29, 1.82) is 0 Å². The van der Waals surface area contributed by atoms with Crippen LogP contribution in [0.5, 0.6) is 0 Å². The molecule has 0 bridgehead atoms.